The molecule has 2 N–H and O–H groups in total. The van der Waals surface area contributed by atoms with Gasteiger partial charge in [0.2, 0.25) is 0 Å². The predicted molar refractivity (Wildman–Crippen MR) is 77.9 cm³/mol. The van der Waals surface area contributed by atoms with Crippen LogP contribution in [0.1, 0.15) is 0 Å². The fourth-order valence-corrected chi connectivity index (χ4v) is 3.62. The maximum atomic E-state index is 12.1. The van der Waals surface area contributed by atoms with E-state index in [4.69, 9.17) is 5.11 Å². The molecule has 2 atom stereocenters. The number of carboxylic acid groups (broad SMARTS) is 1. The average molecular weight is 302 g/mol. The molecular formula is C12H22N4O3S. The van der Waals surface area contributed by atoms with E-state index in [1.807, 2.05) is 0 Å². The van der Waals surface area contributed by atoms with Crippen LogP contribution in [-0.2, 0) is 4.79 Å². The van der Waals surface area contributed by atoms with Crippen molar-refractivity contribution in [3.05, 3.63) is 0 Å². The molecule has 2 rings (SSSR count). The summed E-state index contributed by atoms with van der Waals surface area (Å²) in [6, 6.07) is -0.702. The van der Waals surface area contributed by atoms with Crippen molar-refractivity contribution >= 4 is 23.8 Å². The number of aliphatic carboxylic acids is 1. The third kappa shape index (κ3) is 3.56. The molecule has 2 heterocycles. The van der Waals surface area contributed by atoms with Crippen LogP contribution in [0, 0.1) is 0 Å². The molecule has 0 saturated carbocycles. The number of thioether (sulfide) groups is 1. The second kappa shape index (κ2) is 6.64. The van der Waals surface area contributed by atoms with Gasteiger partial charge in [-0.25, -0.2) is 9.59 Å². The van der Waals surface area contributed by atoms with Gasteiger partial charge in [-0.15, -0.1) is 11.8 Å². The van der Waals surface area contributed by atoms with Crippen LogP contribution in [0.4, 0.5) is 4.79 Å². The Bertz CT molecular complexity index is 382. The van der Waals surface area contributed by atoms with Gasteiger partial charge in [0, 0.05) is 38.0 Å². The van der Waals surface area contributed by atoms with Crippen LogP contribution >= 0.6 is 11.8 Å². The standard InChI is InChI=1S/C12H22N4O3S/c1-14-3-4-15(2)9(6-14)5-13-12(19)16-8-20-7-10(16)11(17)18/h9-10H,3-8H2,1-2H3,(H,13,19)(H,17,18)/t9?,10-/m0/s1. The van der Waals surface area contributed by atoms with Crippen molar-refractivity contribution in [2.45, 2.75) is 12.1 Å². The number of amides is 2. The topological polar surface area (TPSA) is 76.1 Å². The number of carboxylic acids is 1. The van der Waals surface area contributed by atoms with Crippen molar-refractivity contribution in [3.63, 3.8) is 0 Å². The summed E-state index contributed by atoms with van der Waals surface area (Å²) in [6.07, 6.45) is 0. The minimum atomic E-state index is -0.931. The van der Waals surface area contributed by atoms with Gasteiger partial charge in [-0.05, 0) is 14.1 Å². The smallest absolute Gasteiger partial charge is 0.327 e. The van der Waals surface area contributed by atoms with Crippen molar-refractivity contribution in [2.24, 2.45) is 0 Å². The number of hydrogen-bond donors (Lipinski definition) is 2. The molecule has 0 spiro atoms. The van der Waals surface area contributed by atoms with Gasteiger partial charge in [-0.3, -0.25) is 4.90 Å². The number of nitrogens with one attached hydrogen (secondary N) is 1. The molecule has 2 amide bonds. The molecule has 0 radical (unpaired) electrons. The largest absolute Gasteiger partial charge is 0.480 e. The zero-order valence-electron chi connectivity index (χ0n) is 11.9. The van der Waals surface area contributed by atoms with Gasteiger partial charge in [-0.2, -0.15) is 0 Å². The zero-order chi connectivity index (χ0) is 14.7. The Morgan fingerprint density at radius 1 is 1.35 bits per heavy atom. The molecule has 20 heavy (non-hydrogen) atoms. The van der Waals surface area contributed by atoms with Crippen molar-refractivity contribution in [2.75, 3.05) is 51.9 Å². The maximum absolute atomic E-state index is 12.1. The van der Waals surface area contributed by atoms with E-state index in [1.165, 1.54) is 16.7 Å². The molecule has 0 aromatic heterocycles. The quantitative estimate of drug-likeness (QED) is 0.725. The number of nitrogens with zero attached hydrogens (tertiary/aromatic N) is 3. The predicted octanol–water partition coefficient (Wildman–Crippen LogP) is -0.599. The monoisotopic (exact) mass is 302 g/mol. The fraction of sp³-hybridized carbons (Fsp3) is 0.833. The highest BCUT2D eigenvalue weighted by molar-refractivity contribution is 7.99. The molecule has 1 unspecified atom stereocenters. The van der Waals surface area contributed by atoms with Gasteiger partial charge in [0.1, 0.15) is 6.04 Å². The summed E-state index contributed by atoms with van der Waals surface area (Å²) in [5, 5.41) is 11.9. The van der Waals surface area contributed by atoms with Gasteiger partial charge in [-0.1, -0.05) is 0 Å². The third-order valence-corrected chi connectivity index (χ3v) is 4.91. The number of carbonyl (C=O) groups excluding carboxylic acids is 1. The second-order valence-corrected chi connectivity index (χ2v) is 6.41. The van der Waals surface area contributed by atoms with Crippen molar-refractivity contribution < 1.29 is 14.7 Å². The highest BCUT2D eigenvalue weighted by Gasteiger charge is 2.35. The van der Waals surface area contributed by atoms with E-state index in [0.29, 0.717) is 18.2 Å². The van der Waals surface area contributed by atoms with Gasteiger partial charge in [0.05, 0.1) is 5.88 Å². The first kappa shape index (κ1) is 15.4. The van der Waals surface area contributed by atoms with E-state index < -0.39 is 12.0 Å². The summed E-state index contributed by atoms with van der Waals surface area (Å²) in [7, 11) is 4.12. The molecule has 2 fully saturated rings. The van der Waals surface area contributed by atoms with Crippen molar-refractivity contribution in [3.8, 4) is 0 Å². The zero-order valence-corrected chi connectivity index (χ0v) is 12.7. The Morgan fingerprint density at radius 2 is 2.10 bits per heavy atom. The molecule has 2 saturated heterocycles. The van der Waals surface area contributed by atoms with Crippen LogP contribution in [0.3, 0.4) is 0 Å². The molecule has 2 aliphatic rings. The SMILES string of the molecule is CN1CCN(C)C(CNC(=O)N2CSC[C@H]2C(=O)O)C1. The van der Waals surface area contributed by atoms with Crippen LogP contribution in [-0.4, -0.2) is 95.8 Å². The number of rotatable bonds is 3. The van der Waals surface area contributed by atoms with Gasteiger partial charge in [0.25, 0.3) is 0 Å². The highest BCUT2D eigenvalue weighted by Crippen LogP contribution is 2.20. The van der Waals surface area contributed by atoms with Crippen LogP contribution in [0.2, 0.25) is 0 Å². The average Bonchev–Trinajstić information content (AvgIpc) is 2.89. The number of piperazine rings is 1. The first-order chi connectivity index (χ1) is 9.49. The lowest BCUT2D eigenvalue weighted by molar-refractivity contribution is -0.140. The lowest BCUT2D eigenvalue weighted by atomic mass is 10.2. The molecular weight excluding hydrogens is 280 g/mol. The van der Waals surface area contributed by atoms with Gasteiger partial charge < -0.3 is 20.2 Å². The summed E-state index contributed by atoms with van der Waals surface area (Å²) in [5.41, 5.74) is 0. The van der Waals surface area contributed by atoms with E-state index >= 15 is 0 Å². The summed E-state index contributed by atoms with van der Waals surface area (Å²) >= 11 is 1.47. The Morgan fingerprint density at radius 3 is 2.80 bits per heavy atom. The number of carbonyl (C=O) groups is 2. The molecule has 0 aromatic carbocycles. The summed E-state index contributed by atoms with van der Waals surface area (Å²) in [5.74, 6) is -0.0161. The Labute approximate surface area is 123 Å². The maximum Gasteiger partial charge on any atom is 0.327 e. The summed E-state index contributed by atoms with van der Waals surface area (Å²) in [4.78, 5) is 29.0. The third-order valence-electron chi connectivity index (χ3n) is 3.90. The van der Waals surface area contributed by atoms with E-state index in [0.717, 1.165) is 19.6 Å². The van der Waals surface area contributed by atoms with E-state index in [9.17, 15) is 9.59 Å². The minimum Gasteiger partial charge on any atom is -0.480 e. The van der Waals surface area contributed by atoms with E-state index in [2.05, 4.69) is 29.2 Å². The van der Waals surface area contributed by atoms with Gasteiger partial charge >= 0.3 is 12.0 Å². The minimum absolute atomic E-state index is 0.274. The van der Waals surface area contributed by atoms with Crippen molar-refractivity contribution in [1.29, 1.82) is 0 Å². The van der Waals surface area contributed by atoms with E-state index in [1.54, 1.807) is 0 Å². The molecule has 7 nitrogen and oxygen atoms in total. The van der Waals surface area contributed by atoms with Crippen molar-refractivity contribution in [1.82, 2.24) is 20.0 Å². The number of hydrogen-bond acceptors (Lipinski definition) is 5. The molecule has 0 bridgehead atoms. The first-order valence-corrected chi connectivity index (χ1v) is 7.88. The summed E-state index contributed by atoms with van der Waals surface area (Å²) < 4.78 is 0. The fourth-order valence-electron chi connectivity index (χ4n) is 2.48. The Hall–Kier alpha value is -0.990. The Balaban J connectivity index is 1.84. The second-order valence-electron chi connectivity index (χ2n) is 5.41. The summed E-state index contributed by atoms with van der Waals surface area (Å²) in [6.45, 7) is 3.47. The first-order valence-electron chi connectivity index (χ1n) is 6.73. The van der Waals surface area contributed by atoms with Crippen LogP contribution in [0.25, 0.3) is 0 Å². The molecule has 0 aliphatic carbocycles. The number of urea groups is 1. The van der Waals surface area contributed by atoms with Crippen LogP contribution in [0.15, 0.2) is 0 Å². The molecule has 0 aromatic rings. The van der Waals surface area contributed by atoms with Gasteiger partial charge in [0.15, 0.2) is 0 Å². The normalized spacial score (nSPS) is 28.6. The van der Waals surface area contributed by atoms with Crippen LogP contribution < -0.4 is 5.32 Å². The molecule has 2 aliphatic heterocycles. The highest BCUT2D eigenvalue weighted by atomic mass is 32.2. The van der Waals surface area contributed by atoms with E-state index in [-0.39, 0.29) is 12.1 Å². The Kier molecular flexibility index (Phi) is 5.11. The molecule has 114 valence electrons. The lowest BCUT2D eigenvalue weighted by Crippen LogP contribution is -2.56. The molecule has 8 heteroatoms. The van der Waals surface area contributed by atoms with Crippen LogP contribution in [0.5, 0.6) is 0 Å². The number of likely N-dealkylation sites (N-methyl/N-ethyl adjacent to an activating group) is 2. The lowest BCUT2D eigenvalue weighted by Gasteiger charge is -2.38.